The number of nitrogens with one attached hydrogen (secondary N) is 1. The highest BCUT2D eigenvalue weighted by molar-refractivity contribution is 7.89. The lowest BCUT2D eigenvalue weighted by Crippen LogP contribution is -2.33. The van der Waals surface area contributed by atoms with Crippen molar-refractivity contribution >= 4 is 10.0 Å². The van der Waals surface area contributed by atoms with Crippen LogP contribution in [0.1, 0.15) is 13.8 Å². The van der Waals surface area contributed by atoms with Gasteiger partial charge in [-0.3, -0.25) is 0 Å². The van der Waals surface area contributed by atoms with Gasteiger partial charge in [0.15, 0.2) is 11.5 Å². The average molecular weight is 296 g/mol. The zero-order chi connectivity index (χ0) is 14.8. The fraction of sp³-hybridized carbons (Fsp3) is 0.462. The summed E-state index contributed by atoms with van der Waals surface area (Å²) in [4.78, 5) is 0.0930. The van der Waals surface area contributed by atoms with Crippen molar-refractivity contribution < 1.29 is 17.9 Å². The number of benzene rings is 1. The van der Waals surface area contributed by atoms with Crippen LogP contribution in [0.2, 0.25) is 0 Å². The van der Waals surface area contributed by atoms with E-state index in [0.717, 1.165) is 0 Å². The second-order valence-corrected chi connectivity index (χ2v) is 6.89. The molecule has 0 aliphatic carbocycles. The van der Waals surface area contributed by atoms with E-state index in [2.05, 4.69) is 4.72 Å². The van der Waals surface area contributed by atoms with Gasteiger partial charge in [0.05, 0.1) is 16.4 Å². The molecule has 1 heterocycles. The zero-order valence-corrected chi connectivity index (χ0v) is 12.2. The van der Waals surface area contributed by atoms with Crippen LogP contribution in [0.3, 0.4) is 0 Å². The number of hydrogen-bond acceptors (Lipinski definition) is 5. The van der Waals surface area contributed by atoms with Crippen molar-refractivity contribution in [2.75, 3.05) is 19.8 Å². The van der Waals surface area contributed by atoms with E-state index < -0.39 is 15.4 Å². The van der Waals surface area contributed by atoms with Crippen LogP contribution < -0.4 is 14.2 Å². The molecule has 1 aromatic carbocycles. The van der Waals surface area contributed by atoms with Crippen LogP contribution in [0, 0.1) is 16.7 Å². The van der Waals surface area contributed by atoms with E-state index in [1.54, 1.807) is 19.9 Å². The molecule has 108 valence electrons. The number of nitriles is 1. The van der Waals surface area contributed by atoms with Crippen LogP contribution in [0.15, 0.2) is 23.1 Å². The predicted molar refractivity (Wildman–Crippen MR) is 72.0 cm³/mol. The van der Waals surface area contributed by atoms with Crippen molar-refractivity contribution in [3.05, 3.63) is 18.2 Å². The highest BCUT2D eigenvalue weighted by Gasteiger charge is 2.23. The van der Waals surface area contributed by atoms with Crippen LogP contribution in [0.5, 0.6) is 11.5 Å². The molecule has 0 unspecified atom stereocenters. The third kappa shape index (κ3) is 3.21. The fourth-order valence-corrected chi connectivity index (χ4v) is 2.82. The van der Waals surface area contributed by atoms with E-state index in [1.807, 2.05) is 6.07 Å². The highest BCUT2D eigenvalue weighted by atomic mass is 32.2. The minimum Gasteiger partial charge on any atom is -0.486 e. The van der Waals surface area contributed by atoms with E-state index in [-0.39, 0.29) is 11.4 Å². The Morgan fingerprint density at radius 3 is 2.60 bits per heavy atom. The van der Waals surface area contributed by atoms with Crippen molar-refractivity contribution in [2.45, 2.75) is 18.7 Å². The molecule has 1 N–H and O–H groups in total. The maximum atomic E-state index is 12.2. The zero-order valence-electron chi connectivity index (χ0n) is 11.3. The summed E-state index contributed by atoms with van der Waals surface area (Å²) < 4.78 is 37.4. The first-order chi connectivity index (χ1) is 9.34. The minimum atomic E-state index is -3.67. The van der Waals surface area contributed by atoms with Gasteiger partial charge >= 0.3 is 0 Å². The molecule has 7 heteroatoms. The van der Waals surface area contributed by atoms with Gasteiger partial charge in [-0.25, -0.2) is 13.1 Å². The first-order valence-corrected chi connectivity index (χ1v) is 7.63. The van der Waals surface area contributed by atoms with E-state index in [0.29, 0.717) is 24.7 Å². The SMILES string of the molecule is CC(C)(C#N)CNS(=O)(=O)c1ccc2c(c1)OCCO2. The van der Waals surface area contributed by atoms with Crippen molar-refractivity contribution in [2.24, 2.45) is 5.41 Å². The minimum absolute atomic E-state index is 0.0419. The molecule has 0 aromatic heterocycles. The first-order valence-electron chi connectivity index (χ1n) is 6.15. The monoisotopic (exact) mass is 296 g/mol. The molecule has 0 saturated heterocycles. The van der Waals surface area contributed by atoms with Gasteiger partial charge in [0, 0.05) is 12.6 Å². The second kappa shape index (κ2) is 5.31. The summed E-state index contributed by atoms with van der Waals surface area (Å²) in [5, 5.41) is 8.90. The van der Waals surface area contributed by atoms with Gasteiger partial charge < -0.3 is 9.47 Å². The lowest BCUT2D eigenvalue weighted by molar-refractivity contribution is 0.171. The van der Waals surface area contributed by atoms with Gasteiger partial charge in [0.1, 0.15) is 13.2 Å². The molecule has 0 spiro atoms. The molecular weight excluding hydrogens is 280 g/mol. The Labute approximate surface area is 118 Å². The number of hydrogen-bond donors (Lipinski definition) is 1. The normalized spacial score (nSPS) is 14.7. The number of nitrogens with zero attached hydrogens (tertiary/aromatic N) is 1. The maximum absolute atomic E-state index is 12.2. The van der Waals surface area contributed by atoms with E-state index in [1.165, 1.54) is 12.1 Å². The van der Waals surface area contributed by atoms with Crippen LogP contribution in [-0.4, -0.2) is 28.2 Å². The number of ether oxygens (including phenoxy) is 2. The molecule has 1 aliphatic rings. The maximum Gasteiger partial charge on any atom is 0.240 e. The third-order valence-corrected chi connectivity index (χ3v) is 4.23. The summed E-state index contributed by atoms with van der Waals surface area (Å²) in [5.74, 6) is 0.950. The van der Waals surface area contributed by atoms with Gasteiger partial charge in [0.2, 0.25) is 10.0 Å². The van der Waals surface area contributed by atoms with Gasteiger partial charge in [-0.2, -0.15) is 5.26 Å². The van der Waals surface area contributed by atoms with Crippen molar-refractivity contribution in [3.8, 4) is 17.6 Å². The van der Waals surface area contributed by atoms with E-state index in [9.17, 15) is 8.42 Å². The van der Waals surface area contributed by atoms with E-state index >= 15 is 0 Å². The van der Waals surface area contributed by atoms with Crippen molar-refractivity contribution in [3.63, 3.8) is 0 Å². The lowest BCUT2D eigenvalue weighted by Gasteiger charge is -2.20. The summed E-state index contributed by atoms with van der Waals surface area (Å²) >= 11 is 0. The predicted octanol–water partition coefficient (Wildman–Crippen LogP) is 1.29. The first kappa shape index (κ1) is 14.6. The van der Waals surface area contributed by atoms with Gasteiger partial charge in [-0.1, -0.05) is 0 Å². The Morgan fingerprint density at radius 2 is 1.95 bits per heavy atom. The molecule has 0 radical (unpaired) electrons. The van der Waals surface area contributed by atoms with E-state index in [4.69, 9.17) is 14.7 Å². The van der Waals surface area contributed by atoms with Crippen LogP contribution >= 0.6 is 0 Å². The Morgan fingerprint density at radius 1 is 1.30 bits per heavy atom. The standard InChI is InChI=1S/C13H16N2O4S/c1-13(2,8-14)9-15-20(16,17)10-3-4-11-12(7-10)19-6-5-18-11/h3-4,7,15H,5-6,9H2,1-2H3. The highest BCUT2D eigenvalue weighted by Crippen LogP contribution is 2.32. The Bertz CT molecular complexity index is 647. The smallest absolute Gasteiger partial charge is 0.240 e. The average Bonchev–Trinajstić information content (AvgIpc) is 2.45. The van der Waals surface area contributed by atoms with Crippen molar-refractivity contribution in [1.29, 1.82) is 5.26 Å². The van der Waals surface area contributed by atoms with Crippen LogP contribution in [0.25, 0.3) is 0 Å². The molecule has 1 aliphatic heterocycles. The second-order valence-electron chi connectivity index (χ2n) is 5.13. The summed E-state index contributed by atoms with van der Waals surface area (Å²) in [7, 11) is -3.67. The molecule has 0 atom stereocenters. The van der Waals surface area contributed by atoms with Gasteiger partial charge in [-0.05, 0) is 26.0 Å². The molecule has 2 rings (SSSR count). The Balaban J connectivity index is 2.20. The molecule has 6 nitrogen and oxygen atoms in total. The quantitative estimate of drug-likeness (QED) is 0.904. The Kier molecular flexibility index (Phi) is 3.88. The molecule has 0 fully saturated rings. The van der Waals surface area contributed by atoms with Crippen LogP contribution in [0.4, 0.5) is 0 Å². The molecular formula is C13H16N2O4S. The molecule has 0 bridgehead atoms. The number of rotatable bonds is 4. The van der Waals surface area contributed by atoms with Gasteiger partial charge in [0.25, 0.3) is 0 Å². The number of sulfonamides is 1. The summed E-state index contributed by atoms with van der Waals surface area (Å²) in [6, 6.07) is 6.49. The largest absolute Gasteiger partial charge is 0.486 e. The summed E-state index contributed by atoms with van der Waals surface area (Å²) in [6.07, 6.45) is 0. The third-order valence-electron chi connectivity index (χ3n) is 2.83. The van der Waals surface area contributed by atoms with Crippen molar-refractivity contribution in [1.82, 2.24) is 4.72 Å². The molecule has 20 heavy (non-hydrogen) atoms. The van der Waals surface area contributed by atoms with Crippen LogP contribution in [-0.2, 0) is 10.0 Å². The summed E-state index contributed by atoms with van der Waals surface area (Å²) in [5.41, 5.74) is -0.763. The molecule has 1 aromatic rings. The van der Waals surface area contributed by atoms with Gasteiger partial charge in [-0.15, -0.1) is 0 Å². The summed E-state index contributed by atoms with van der Waals surface area (Å²) in [6.45, 7) is 4.22. The fourth-order valence-electron chi connectivity index (χ4n) is 1.59. The topological polar surface area (TPSA) is 88.4 Å². The Hall–Kier alpha value is -1.78. The molecule has 0 amide bonds. The number of fused-ring (bicyclic) bond motifs is 1. The lowest BCUT2D eigenvalue weighted by atomic mass is 9.97. The molecule has 0 saturated carbocycles.